The average Bonchev–Trinajstić information content (AvgIpc) is 2.06. The summed E-state index contributed by atoms with van der Waals surface area (Å²) in [6.45, 7) is 0.984. The van der Waals surface area contributed by atoms with Gasteiger partial charge in [-0.3, -0.25) is 0 Å². The number of nitrogens with zero attached hydrogens (tertiary/aromatic N) is 1. The third kappa shape index (κ3) is 3.28. The number of halogens is 2. The summed E-state index contributed by atoms with van der Waals surface area (Å²) >= 11 is 12.4. The smallest absolute Gasteiger partial charge is 0.101 e. The molecule has 13 heavy (non-hydrogen) atoms. The van der Waals surface area contributed by atoms with Crippen LogP contribution < -0.4 is 5.32 Å². The van der Waals surface area contributed by atoms with Crippen LogP contribution in [0.25, 0.3) is 0 Å². The summed E-state index contributed by atoms with van der Waals surface area (Å²) in [5, 5.41) is 3.22. The zero-order chi connectivity index (χ0) is 9.84. The largest absolute Gasteiger partial charge is 0.305 e. The van der Waals surface area contributed by atoms with E-state index in [2.05, 4.69) is 24.3 Å². The van der Waals surface area contributed by atoms with E-state index < -0.39 is 0 Å². The second-order valence-corrected chi connectivity index (χ2v) is 4.80. The number of alkyl halides is 2. The molecule has 0 aromatic carbocycles. The van der Waals surface area contributed by atoms with E-state index in [1.807, 2.05) is 0 Å². The molecular formula is C9H18Cl2N2. The minimum atomic E-state index is -0.102. The summed E-state index contributed by atoms with van der Waals surface area (Å²) in [5.74, 6) is 0. The molecule has 1 heterocycles. The molecule has 0 aromatic heterocycles. The third-order valence-corrected chi connectivity index (χ3v) is 3.67. The van der Waals surface area contributed by atoms with E-state index in [9.17, 15) is 0 Å². The number of nitrogens with one attached hydrogen (secondary N) is 1. The van der Waals surface area contributed by atoms with Gasteiger partial charge in [0.1, 0.15) is 5.50 Å². The average molecular weight is 225 g/mol. The molecule has 78 valence electrons. The first-order chi connectivity index (χ1) is 6.13. The molecule has 1 rings (SSSR count). The lowest BCUT2D eigenvalue weighted by Crippen LogP contribution is -2.47. The van der Waals surface area contributed by atoms with Crippen molar-refractivity contribution >= 4 is 23.2 Å². The molecule has 3 atom stereocenters. The van der Waals surface area contributed by atoms with Crippen LogP contribution in [0.1, 0.15) is 19.3 Å². The summed E-state index contributed by atoms with van der Waals surface area (Å²) in [4.78, 5) is 2.17. The van der Waals surface area contributed by atoms with E-state index in [1.54, 1.807) is 0 Å². The first-order valence-electron chi connectivity index (χ1n) is 4.81. The number of rotatable bonds is 1. The van der Waals surface area contributed by atoms with Gasteiger partial charge in [-0.1, -0.05) is 6.42 Å². The molecule has 0 amide bonds. The quantitative estimate of drug-likeness (QED) is 0.541. The SMILES string of the molecule is CN(C)C1CCCCNC(Cl)C1Cl. The Hall–Kier alpha value is 0.500. The van der Waals surface area contributed by atoms with E-state index in [4.69, 9.17) is 23.2 Å². The fourth-order valence-electron chi connectivity index (χ4n) is 1.73. The van der Waals surface area contributed by atoms with Crippen molar-refractivity contribution in [3.63, 3.8) is 0 Å². The van der Waals surface area contributed by atoms with Crippen molar-refractivity contribution in [2.45, 2.75) is 36.2 Å². The highest BCUT2D eigenvalue weighted by atomic mass is 35.5. The molecule has 2 nitrogen and oxygen atoms in total. The van der Waals surface area contributed by atoms with Crippen LogP contribution >= 0.6 is 23.2 Å². The first kappa shape index (κ1) is 11.6. The lowest BCUT2D eigenvalue weighted by molar-refractivity contribution is 0.245. The topological polar surface area (TPSA) is 15.3 Å². The fraction of sp³-hybridized carbons (Fsp3) is 1.00. The standard InChI is InChI=1S/C9H18Cl2N2/c1-13(2)7-5-3-4-6-12-9(11)8(7)10/h7-9,12H,3-6H2,1-2H3. The predicted octanol–water partition coefficient (Wildman–Crippen LogP) is 1.86. The van der Waals surface area contributed by atoms with E-state index in [1.165, 1.54) is 12.8 Å². The fourth-order valence-corrected chi connectivity index (χ4v) is 2.45. The van der Waals surface area contributed by atoms with Gasteiger partial charge in [-0.2, -0.15) is 0 Å². The Morgan fingerprint density at radius 3 is 2.54 bits per heavy atom. The molecule has 1 aliphatic rings. The normalized spacial score (nSPS) is 37.2. The Morgan fingerprint density at radius 2 is 1.92 bits per heavy atom. The Kier molecular flexibility index (Phi) is 4.81. The van der Waals surface area contributed by atoms with Gasteiger partial charge in [0.2, 0.25) is 0 Å². The zero-order valence-corrected chi connectivity index (χ0v) is 9.78. The first-order valence-corrected chi connectivity index (χ1v) is 5.68. The molecule has 0 aliphatic carbocycles. The molecule has 0 radical (unpaired) electrons. The maximum Gasteiger partial charge on any atom is 0.101 e. The summed E-state index contributed by atoms with van der Waals surface area (Å²) in [5.41, 5.74) is -0.102. The molecule has 0 aromatic rings. The van der Waals surface area contributed by atoms with Gasteiger partial charge in [-0.15, -0.1) is 23.2 Å². The van der Waals surface area contributed by atoms with Gasteiger partial charge in [-0.25, -0.2) is 0 Å². The Bertz CT molecular complexity index is 153. The van der Waals surface area contributed by atoms with Crippen molar-refractivity contribution < 1.29 is 0 Å². The van der Waals surface area contributed by atoms with Crippen molar-refractivity contribution in [3.8, 4) is 0 Å². The summed E-state index contributed by atoms with van der Waals surface area (Å²) < 4.78 is 0. The van der Waals surface area contributed by atoms with Crippen LogP contribution in [0.5, 0.6) is 0 Å². The van der Waals surface area contributed by atoms with Gasteiger partial charge in [0.15, 0.2) is 0 Å². The van der Waals surface area contributed by atoms with Gasteiger partial charge < -0.3 is 10.2 Å². The molecular weight excluding hydrogens is 207 g/mol. The molecule has 0 bridgehead atoms. The van der Waals surface area contributed by atoms with Crippen molar-refractivity contribution in [1.29, 1.82) is 0 Å². The summed E-state index contributed by atoms with van der Waals surface area (Å²) in [6, 6.07) is 0.386. The van der Waals surface area contributed by atoms with Gasteiger partial charge in [0.25, 0.3) is 0 Å². The van der Waals surface area contributed by atoms with Crippen LogP contribution in [0.4, 0.5) is 0 Å². The van der Waals surface area contributed by atoms with Gasteiger partial charge in [0.05, 0.1) is 5.38 Å². The van der Waals surface area contributed by atoms with E-state index >= 15 is 0 Å². The lowest BCUT2D eigenvalue weighted by atomic mass is 10.0. The monoisotopic (exact) mass is 224 g/mol. The van der Waals surface area contributed by atoms with Crippen molar-refractivity contribution in [2.24, 2.45) is 0 Å². The molecule has 4 heteroatoms. The molecule has 1 saturated heterocycles. The van der Waals surface area contributed by atoms with E-state index in [-0.39, 0.29) is 10.9 Å². The Labute approximate surface area is 90.6 Å². The number of hydrogen-bond acceptors (Lipinski definition) is 2. The lowest BCUT2D eigenvalue weighted by Gasteiger charge is -2.33. The second kappa shape index (κ2) is 5.40. The molecule has 1 fully saturated rings. The van der Waals surface area contributed by atoms with Crippen LogP contribution in [-0.2, 0) is 0 Å². The van der Waals surface area contributed by atoms with E-state index in [0.29, 0.717) is 6.04 Å². The summed E-state index contributed by atoms with van der Waals surface area (Å²) in [7, 11) is 4.12. The highest BCUT2D eigenvalue weighted by molar-refractivity contribution is 6.30. The molecule has 3 unspecified atom stereocenters. The highest BCUT2D eigenvalue weighted by Crippen LogP contribution is 2.21. The molecule has 0 spiro atoms. The molecule has 1 aliphatic heterocycles. The van der Waals surface area contributed by atoms with Crippen molar-refractivity contribution in [1.82, 2.24) is 10.2 Å². The van der Waals surface area contributed by atoms with Crippen LogP contribution in [0.2, 0.25) is 0 Å². The van der Waals surface area contributed by atoms with Crippen LogP contribution in [0.15, 0.2) is 0 Å². The van der Waals surface area contributed by atoms with Crippen LogP contribution in [0.3, 0.4) is 0 Å². The second-order valence-electron chi connectivity index (χ2n) is 3.83. The molecule has 0 saturated carbocycles. The van der Waals surface area contributed by atoms with Gasteiger partial charge >= 0.3 is 0 Å². The maximum atomic E-state index is 6.27. The maximum absolute atomic E-state index is 6.27. The van der Waals surface area contributed by atoms with Crippen LogP contribution in [0, 0.1) is 0 Å². The predicted molar refractivity (Wildman–Crippen MR) is 58.6 cm³/mol. The third-order valence-electron chi connectivity index (χ3n) is 2.58. The van der Waals surface area contributed by atoms with Crippen molar-refractivity contribution in [2.75, 3.05) is 20.6 Å². The number of hydrogen-bond donors (Lipinski definition) is 1. The van der Waals surface area contributed by atoms with Gasteiger partial charge in [-0.05, 0) is 33.5 Å². The highest BCUT2D eigenvalue weighted by Gasteiger charge is 2.28. The zero-order valence-electron chi connectivity index (χ0n) is 8.26. The van der Waals surface area contributed by atoms with Crippen LogP contribution in [-0.4, -0.2) is 42.5 Å². The minimum absolute atomic E-state index is 0.00281. The van der Waals surface area contributed by atoms with E-state index in [0.717, 1.165) is 13.0 Å². The molecule has 1 N–H and O–H groups in total. The van der Waals surface area contributed by atoms with Crippen molar-refractivity contribution in [3.05, 3.63) is 0 Å². The Morgan fingerprint density at radius 1 is 1.23 bits per heavy atom. The Balaban J connectivity index is 2.56. The van der Waals surface area contributed by atoms with Gasteiger partial charge in [0, 0.05) is 6.04 Å². The minimum Gasteiger partial charge on any atom is -0.305 e. The summed E-state index contributed by atoms with van der Waals surface area (Å²) in [6.07, 6.45) is 3.56.